The number of hydrogen-bond donors (Lipinski definition) is 2. The molecule has 0 fully saturated rings. The molecule has 0 radical (unpaired) electrons. The van der Waals surface area contributed by atoms with Crippen molar-refractivity contribution >= 4 is 11.8 Å². The van der Waals surface area contributed by atoms with Crippen molar-refractivity contribution in [2.24, 2.45) is 5.84 Å². The van der Waals surface area contributed by atoms with Crippen molar-refractivity contribution in [1.29, 1.82) is 0 Å². The first-order chi connectivity index (χ1) is 8.04. The van der Waals surface area contributed by atoms with Crippen LogP contribution in [0.2, 0.25) is 0 Å². The quantitative estimate of drug-likeness (QED) is 0.406. The third-order valence-corrected chi connectivity index (χ3v) is 2.22. The van der Waals surface area contributed by atoms with Crippen LogP contribution in [0.3, 0.4) is 0 Å². The summed E-state index contributed by atoms with van der Waals surface area (Å²) < 4.78 is 1.64. The van der Waals surface area contributed by atoms with E-state index < -0.39 is 0 Å². The molecule has 2 amide bonds. The lowest BCUT2D eigenvalue weighted by Gasteiger charge is -2.06. The van der Waals surface area contributed by atoms with Gasteiger partial charge in [-0.3, -0.25) is 19.7 Å². The Hall–Kier alpha value is -1.89. The van der Waals surface area contributed by atoms with Gasteiger partial charge in [-0.25, -0.2) is 5.84 Å². The average molecular weight is 239 g/mol. The summed E-state index contributed by atoms with van der Waals surface area (Å²) in [5.41, 5.74) is 2.46. The van der Waals surface area contributed by atoms with Gasteiger partial charge in [-0.05, 0) is 12.5 Å². The topological polar surface area (TPSA) is 93.2 Å². The summed E-state index contributed by atoms with van der Waals surface area (Å²) in [6.07, 6.45) is 2.69. The first kappa shape index (κ1) is 13.2. The molecule has 1 aromatic rings. The van der Waals surface area contributed by atoms with Crippen molar-refractivity contribution < 1.29 is 9.59 Å². The predicted octanol–water partition coefficient (Wildman–Crippen LogP) is -0.645. The monoisotopic (exact) mass is 239 g/mol. The fraction of sp³-hybridized carbons (Fsp3) is 0.500. The van der Waals surface area contributed by atoms with Crippen LogP contribution in [0.4, 0.5) is 0 Å². The lowest BCUT2D eigenvalue weighted by molar-refractivity contribution is -0.121. The highest BCUT2D eigenvalue weighted by molar-refractivity contribution is 5.91. The van der Waals surface area contributed by atoms with E-state index in [0.717, 1.165) is 0 Å². The van der Waals surface area contributed by atoms with Gasteiger partial charge in [0.15, 0.2) is 0 Å². The minimum absolute atomic E-state index is 0.136. The van der Waals surface area contributed by atoms with Crippen LogP contribution >= 0.6 is 0 Å². The zero-order chi connectivity index (χ0) is 12.8. The molecular formula is C10H17N5O2. The van der Waals surface area contributed by atoms with Gasteiger partial charge >= 0.3 is 0 Å². The molecule has 3 N–H and O–H groups in total. The molecule has 0 spiro atoms. The molecular weight excluding hydrogens is 222 g/mol. The molecule has 0 saturated carbocycles. The highest BCUT2D eigenvalue weighted by Gasteiger charge is 2.11. The average Bonchev–Trinajstić information content (AvgIpc) is 2.76. The lowest BCUT2D eigenvalue weighted by atomic mass is 10.3. The maximum absolute atomic E-state index is 11.6. The number of rotatable bonds is 5. The second-order valence-electron chi connectivity index (χ2n) is 3.83. The van der Waals surface area contributed by atoms with Crippen LogP contribution in [-0.4, -0.2) is 40.6 Å². The van der Waals surface area contributed by atoms with Gasteiger partial charge in [-0.1, -0.05) is 0 Å². The molecule has 0 saturated heterocycles. The number of hydrazine groups is 1. The van der Waals surface area contributed by atoms with E-state index in [0.29, 0.717) is 25.1 Å². The van der Waals surface area contributed by atoms with Crippen LogP contribution in [0.1, 0.15) is 23.3 Å². The van der Waals surface area contributed by atoms with Gasteiger partial charge in [-0.2, -0.15) is 5.10 Å². The largest absolute Gasteiger partial charge is 0.343 e. The minimum Gasteiger partial charge on any atom is -0.343 e. The van der Waals surface area contributed by atoms with Gasteiger partial charge in [0.25, 0.3) is 5.91 Å². The van der Waals surface area contributed by atoms with Gasteiger partial charge in [-0.15, -0.1) is 0 Å². The first-order valence-electron chi connectivity index (χ1n) is 5.29. The van der Waals surface area contributed by atoms with Gasteiger partial charge in [0.05, 0.1) is 0 Å². The predicted molar refractivity (Wildman–Crippen MR) is 61.8 cm³/mol. The second-order valence-corrected chi connectivity index (χ2v) is 3.83. The van der Waals surface area contributed by atoms with Crippen LogP contribution in [0.15, 0.2) is 12.3 Å². The number of nitrogens with two attached hydrogens (primary N) is 1. The van der Waals surface area contributed by atoms with Crippen LogP contribution in [0, 0.1) is 0 Å². The van der Waals surface area contributed by atoms with E-state index in [-0.39, 0.29) is 11.8 Å². The summed E-state index contributed by atoms with van der Waals surface area (Å²) in [5, 5.41) is 4.12. The van der Waals surface area contributed by atoms with Crippen LogP contribution in [0.5, 0.6) is 0 Å². The van der Waals surface area contributed by atoms with Gasteiger partial charge in [0, 0.05) is 33.3 Å². The summed E-state index contributed by atoms with van der Waals surface area (Å²) in [6, 6.07) is 1.66. The third kappa shape index (κ3) is 3.87. The molecule has 1 heterocycles. The maximum atomic E-state index is 11.6. The summed E-state index contributed by atoms with van der Waals surface area (Å²) in [4.78, 5) is 23.9. The highest BCUT2D eigenvalue weighted by atomic mass is 16.2. The van der Waals surface area contributed by atoms with Crippen molar-refractivity contribution in [2.75, 3.05) is 14.1 Å². The summed E-state index contributed by atoms with van der Waals surface area (Å²) in [6.45, 7) is 0.578. The van der Waals surface area contributed by atoms with Gasteiger partial charge in [0.2, 0.25) is 5.91 Å². The van der Waals surface area contributed by atoms with Crippen LogP contribution in [0.25, 0.3) is 0 Å². The fourth-order valence-corrected chi connectivity index (χ4v) is 1.30. The lowest BCUT2D eigenvalue weighted by Crippen LogP contribution is -2.29. The Morgan fingerprint density at radius 3 is 2.82 bits per heavy atom. The number of nitrogens with zero attached hydrogens (tertiary/aromatic N) is 3. The summed E-state index contributed by atoms with van der Waals surface area (Å²) in [5.74, 6) is 4.61. The van der Waals surface area contributed by atoms with Crippen molar-refractivity contribution in [3.63, 3.8) is 0 Å². The number of carbonyl (C=O) groups is 2. The molecule has 0 aromatic carbocycles. The number of carbonyl (C=O) groups excluding carboxylic acids is 2. The van der Waals surface area contributed by atoms with Gasteiger partial charge < -0.3 is 4.90 Å². The van der Waals surface area contributed by atoms with Crippen molar-refractivity contribution in [3.8, 4) is 0 Å². The van der Waals surface area contributed by atoms with E-state index in [1.165, 1.54) is 4.90 Å². The molecule has 7 heteroatoms. The Balaban J connectivity index is 2.46. The molecule has 0 atom stereocenters. The molecule has 0 aliphatic heterocycles. The maximum Gasteiger partial charge on any atom is 0.273 e. The first-order valence-corrected chi connectivity index (χ1v) is 5.29. The van der Waals surface area contributed by atoms with Crippen molar-refractivity contribution in [2.45, 2.75) is 19.4 Å². The Morgan fingerprint density at radius 2 is 2.24 bits per heavy atom. The number of aromatic nitrogens is 2. The van der Waals surface area contributed by atoms with Crippen LogP contribution < -0.4 is 11.3 Å². The number of nitrogens with one attached hydrogen (secondary N) is 1. The van der Waals surface area contributed by atoms with E-state index in [1.54, 1.807) is 31.0 Å². The van der Waals surface area contributed by atoms with Crippen molar-refractivity contribution in [3.05, 3.63) is 18.0 Å². The molecule has 1 aromatic heterocycles. The smallest absolute Gasteiger partial charge is 0.273 e. The number of aryl methyl sites for hydroxylation is 1. The molecule has 17 heavy (non-hydrogen) atoms. The Labute approximate surface area is 99.5 Å². The molecule has 0 aliphatic carbocycles. The van der Waals surface area contributed by atoms with Crippen LogP contribution in [-0.2, 0) is 11.3 Å². The molecule has 0 bridgehead atoms. The van der Waals surface area contributed by atoms with Gasteiger partial charge in [0.1, 0.15) is 5.69 Å². The molecule has 1 rings (SSSR count). The zero-order valence-electron chi connectivity index (χ0n) is 10.0. The van der Waals surface area contributed by atoms with Crippen molar-refractivity contribution in [1.82, 2.24) is 20.1 Å². The number of amides is 2. The van der Waals surface area contributed by atoms with E-state index >= 15 is 0 Å². The standard InChI is InChI=1S/C10H17N5O2/c1-14(2)10(17)8-5-7-15(13-8)6-3-4-9(16)12-11/h5,7H,3-4,6,11H2,1-2H3,(H,12,16). The van der Waals surface area contributed by atoms with E-state index in [4.69, 9.17) is 5.84 Å². The summed E-state index contributed by atoms with van der Waals surface area (Å²) in [7, 11) is 3.35. The molecule has 7 nitrogen and oxygen atoms in total. The molecule has 0 aliphatic rings. The second kappa shape index (κ2) is 6.00. The SMILES string of the molecule is CN(C)C(=O)c1ccn(CCCC(=O)NN)n1. The van der Waals surface area contributed by atoms with E-state index in [1.807, 2.05) is 0 Å². The molecule has 0 unspecified atom stereocenters. The fourth-order valence-electron chi connectivity index (χ4n) is 1.30. The zero-order valence-corrected chi connectivity index (χ0v) is 10.0. The minimum atomic E-state index is -0.207. The highest BCUT2D eigenvalue weighted by Crippen LogP contribution is 2.01. The Morgan fingerprint density at radius 1 is 1.53 bits per heavy atom. The molecule has 94 valence electrons. The number of hydrogen-bond acceptors (Lipinski definition) is 4. The normalized spacial score (nSPS) is 10.1. The third-order valence-electron chi connectivity index (χ3n) is 2.22. The van der Waals surface area contributed by atoms with E-state index in [2.05, 4.69) is 10.5 Å². The summed E-state index contributed by atoms with van der Waals surface area (Å²) >= 11 is 0. The Bertz CT molecular complexity index is 399. The Kier molecular flexibility index (Phi) is 4.65. The van der Waals surface area contributed by atoms with E-state index in [9.17, 15) is 9.59 Å².